The van der Waals surface area contributed by atoms with Crippen molar-refractivity contribution in [3.63, 3.8) is 0 Å². The van der Waals surface area contributed by atoms with Crippen LogP contribution in [0.4, 0.5) is 5.69 Å². The Balaban J connectivity index is 1.26. The minimum Gasteiger partial charge on any atom is -0.489 e. The number of para-hydroxylation sites is 1. The largest absolute Gasteiger partial charge is 0.489 e. The summed E-state index contributed by atoms with van der Waals surface area (Å²) in [7, 11) is 1.88. The first-order chi connectivity index (χ1) is 16.1. The maximum Gasteiger partial charge on any atom is 0.251 e. The predicted octanol–water partition coefficient (Wildman–Crippen LogP) is 3.40. The van der Waals surface area contributed by atoms with E-state index in [1.807, 2.05) is 35.9 Å². The van der Waals surface area contributed by atoms with Crippen LogP contribution in [0.2, 0.25) is 5.02 Å². The van der Waals surface area contributed by atoms with Crippen LogP contribution >= 0.6 is 11.6 Å². The second-order valence-electron chi connectivity index (χ2n) is 7.52. The van der Waals surface area contributed by atoms with E-state index in [1.165, 1.54) is 6.33 Å². The standard InChI is InChI=1S/C23H20ClN7O2/c1-31-20(29-30-22(31)18-8-9-25-13-27-18)11-26-15-5-2-4-14(10-15)23(32)28-19-12-33-21-16(19)6-3-7-17(21)24/h2-10,13,19,26H,11-12H2,1H3,(H,28,32)/t19-/m0/s1. The van der Waals surface area contributed by atoms with E-state index >= 15 is 0 Å². The number of hydrogen-bond acceptors (Lipinski definition) is 7. The van der Waals surface area contributed by atoms with E-state index in [2.05, 4.69) is 30.8 Å². The second-order valence-corrected chi connectivity index (χ2v) is 7.93. The van der Waals surface area contributed by atoms with Crippen LogP contribution in [0.25, 0.3) is 11.5 Å². The van der Waals surface area contributed by atoms with Crippen LogP contribution in [0, 0.1) is 0 Å². The number of fused-ring (bicyclic) bond motifs is 1. The van der Waals surface area contributed by atoms with Crippen LogP contribution in [-0.2, 0) is 13.6 Å². The van der Waals surface area contributed by atoms with E-state index < -0.39 is 0 Å². The molecule has 2 N–H and O–H groups in total. The molecule has 1 amide bonds. The van der Waals surface area contributed by atoms with Gasteiger partial charge in [0.15, 0.2) is 11.6 Å². The molecule has 10 heteroatoms. The molecular weight excluding hydrogens is 442 g/mol. The zero-order valence-electron chi connectivity index (χ0n) is 17.7. The van der Waals surface area contributed by atoms with Gasteiger partial charge < -0.3 is 19.9 Å². The molecule has 0 aliphatic carbocycles. The highest BCUT2D eigenvalue weighted by atomic mass is 35.5. The Morgan fingerprint density at radius 3 is 2.94 bits per heavy atom. The molecule has 1 aliphatic rings. The van der Waals surface area contributed by atoms with E-state index in [0.717, 1.165) is 17.1 Å². The lowest BCUT2D eigenvalue weighted by Gasteiger charge is -2.13. The zero-order chi connectivity index (χ0) is 22.8. The number of carbonyl (C=O) groups is 1. The Hall–Kier alpha value is -3.98. The molecule has 4 aromatic rings. The summed E-state index contributed by atoms with van der Waals surface area (Å²) in [6.07, 6.45) is 3.14. The average Bonchev–Trinajstić information content (AvgIpc) is 3.42. The molecule has 0 bridgehead atoms. The van der Waals surface area contributed by atoms with Crippen LogP contribution in [0.3, 0.4) is 0 Å². The quantitative estimate of drug-likeness (QED) is 0.453. The molecule has 2 aromatic carbocycles. The van der Waals surface area contributed by atoms with Gasteiger partial charge in [0.05, 0.1) is 17.6 Å². The topological polar surface area (TPSA) is 107 Å². The first-order valence-electron chi connectivity index (χ1n) is 10.3. The van der Waals surface area contributed by atoms with Crippen molar-refractivity contribution in [2.75, 3.05) is 11.9 Å². The normalized spacial score (nSPS) is 14.4. The summed E-state index contributed by atoms with van der Waals surface area (Å²) < 4.78 is 7.52. The van der Waals surface area contributed by atoms with E-state index in [4.69, 9.17) is 16.3 Å². The fourth-order valence-corrected chi connectivity index (χ4v) is 3.92. The van der Waals surface area contributed by atoms with Crippen molar-refractivity contribution in [2.45, 2.75) is 12.6 Å². The molecule has 1 atom stereocenters. The minimum atomic E-state index is -0.248. The molecule has 0 unspecified atom stereocenters. The van der Waals surface area contributed by atoms with Crippen LogP contribution in [0.5, 0.6) is 5.75 Å². The third-order valence-electron chi connectivity index (χ3n) is 5.42. The molecular formula is C23H20ClN7O2. The molecule has 5 rings (SSSR count). The molecule has 0 radical (unpaired) electrons. The van der Waals surface area contributed by atoms with Crippen molar-refractivity contribution in [3.8, 4) is 17.3 Å². The van der Waals surface area contributed by atoms with Crippen LogP contribution in [-0.4, -0.2) is 37.2 Å². The third kappa shape index (κ3) is 4.22. The number of ether oxygens (including phenoxy) is 1. The summed E-state index contributed by atoms with van der Waals surface area (Å²) in [5, 5.41) is 15.3. The maximum atomic E-state index is 12.9. The Kier molecular flexibility index (Phi) is 5.62. The lowest BCUT2D eigenvalue weighted by atomic mass is 10.1. The highest BCUT2D eigenvalue weighted by molar-refractivity contribution is 6.32. The van der Waals surface area contributed by atoms with Crippen molar-refractivity contribution in [1.29, 1.82) is 0 Å². The van der Waals surface area contributed by atoms with E-state index in [9.17, 15) is 4.79 Å². The fraction of sp³-hybridized carbons (Fsp3) is 0.174. The minimum absolute atomic E-state index is 0.190. The van der Waals surface area contributed by atoms with Crippen molar-refractivity contribution in [1.82, 2.24) is 30.0 Å². The van der Waals surface area contributed by atoms with Crippen molar-refractivity contribution < 1.29 is 9.53 Å². The lowest BCUT2D eigenvalue weighted by Crippen LogP contribution is -2.29. The predicted molar refractivity (Wildman–Crippen MR) is 123 cm³/mol. The number of nitrogens with zero attached hydrogens (tertiary/aromatic N) is 5. The van der Waals surface area contributed by atoms with Gasteiger partial charge in [0.1, 0.15) is 24.4 Å². The summed E-state index contributed by atoms with van der Waals surface area (Å²) in [6.45, 7) is 0.783. The Morgan fingerprint density at radius 2 is 2.09 bits per heavy atom. The van der Waals surface area contributed by atoms with E-state index in [1.54, 1.807) is 30.5 Å². The summed E-state index contributed by atoms with van der Waals surface area (Å²) in [6, 6.07) is 14.4. The average molecular weight is 462 g/mol. The molecule has 0 saturated heterocycles. The van der Waals surface area contributed by atoms with Gasteiger partial charge in [-0.2, -0.15) is 0 Å². The number of anilines is 1. The molecule has 166 valence electrons. The highest BCUT2D eigenvalue weighted by Gasteiger charge is 2.27. The van der Waals surface area contributed by atoms with Gasteiger partial charge in [0, 0.05) is 30.1 Å². The second kappa shape index (κ2) is 8.87. The number of carbonyl (C=O) groups excluding carboxylic acids is 1. The molecule has 0 fully saturated rings. The van der Waals surface area contributed by atoms with Gasteiger partial charge in [-0.1, -0.05) is 29.8 Å². The molecule has 0 saturated carbocycles. The molecule has 9 nitrogen and oxygen atoms in total. The molecule has 3 heterocycles. The van der Waals surface area contributed by atoms with Crippen molar-refractivity contribution >= 4 is 23.2 Å². The number of benzene rings is 2. The molecule has 33 heavy (non-hydrogen) atoms. The first-order valence-corrected chi connectivity index (χ1v) is 10.7. The summed E-state index contributed by atoms with van der Waals surface area (Å²) in [5.74, 6) is 1.83. The summed E-state index contributed by atoms with van der Waals surface area (Å²) in [5.41, 5.74) is 2.91. The Morgan fingerprint density at radius 1 is 1.21 bits per heavy atom. The van der Waals surface area contributed by atoms with Crippen molar-refractivity contribution in [3.05, 3.63) is 83.0 Å². The van der Waals surface area contributed by atoms with Gasteiger partial charge in [-0.3, -0.25) is 4.79 Å². The number of nitrogens with one attached hydrogen (secondary N) is 2. The Bertz CT molecular complexity index is 1310. The number of aromatic nitrogens is 5. The van der Waals surface area contributed by atoms with E-state index in [-0.39, 0.29) is 11.9 Å². The lowest BCUT2D eigenvalue weighted by molar-refractivity contribution is 0.0930. The van der Waals surface area contributed by atoms with Crippen molar-refractivity contribution in [2.24, 2.45) is 7.05 Å². The van der Waals surface area contributed by atoms with Gasteiger partial charge >= 0.3 is 0 Å². The number of rotatable bonds is 6. The number of halogens is 1. The molecule has 2 aromatic heterocycles. The Labute approximate surface area is 194 Å². The summed E-state index contributed by atoms with van der Waals surface area (Å²) in [4.78, 5) is 21.0. The van der Waals surface area contributed by atoms with Gasteiger partial charge in [0.2, 0.25) is 0 Å². The molecule has 0 spiro atoms. The van der Waals surface area contributed by atoms with Gasteiger partial charge in [-0.15, -0.1) is 10.2 Å². The van der Waals surface area contributed by atoms with Gasteiger partial charge in [0.25, 0.3) is 5.91 Å². The van der Waals surface area contributed by atoms with Crippen LogP contribution in [0.15, 0.2) is 61.1 Å². The van der Waals surface area contributed by atoms with Crippen LogP contribution in [0.1, 0.15) is 27.8 Å². The SMILES string of the molecule is Cn1c(CNc2cccc(C(=O)N[C@H]3COc4c(Cl)cccc43)c2)nnc1-c1ccncn1. The van der Waals surface area contributed by atoms with E-state index in [0.29, 0.717) is 41.0 Å². The maximum absolute atomic E-state index is 12.9. The number of hydrogen-bond donors (Lipinski definition) is 2. The first kappa shape index (κ1) is 20.9. The van der Waals surface area contributed by atoms with Crippen LogP contribution < -0.4 is 15.4 Å². The molecule has 1 aliphatic heterocycles. The zero-order valence-corrected chi connectivity index (χ0v) is 18.5. The summed E-state index contributed by atoms with van der Waals surface area (Å²) >= 11 is 6.18. The third-order valence-corrected chi connectivity index (χ3v) is 5.72. The van der Waals surface area contributed by atoms with Gasteiger partial charge in [-0.25, -0.2) is 9.97 Å². The van der Waals surface area contributed by atoms with Gasteiger partial charge in [-0.05, 0) is 30.3 Å². The smallest absolute Gasteiger partial charge is 0.251 e. The highest BCUT2D eigenvalue weighted by Crippen LogP contribution is 2.38. The fourth-order valence-electron chi connectivity index (χ4n) is 3.68. The monoisotopic (exact) mass is 461 g/mol. The number of amides is 1.